The molecule has 1 aliphatic carbocycles. The Morgan fingerprint density at radius 3 is 2.52 bits per heavy atom. The third kappa shape index (κ3) is 3.15. The average Bonchev–Trinajstić information content (AvgIpc) is 3.31. The first-order chi connectivity index (χ1) is 9.95. The minimum Gasteiger partial charge on any atom is -0.365 e. The summed E-state index contributed by atoms with van der Waals surface area (Å²) in [6.07, 6.45) is -1.52. The number of amides is 1. The highest BCUT2D eigenvalue weighted by atomic mass is 19.4. The fourth-order valence-electron chi connectivity index (χ4n) is 2.22. The van der Waals surface area contributed by atoms with Crippen molar-refractivity contribution >= 4 is 5.91 Å². The van der Waals surface area contributed by atoms with Crippen LogP contribution in [0.4, 0.5) is 13.2 Å². The van der Waals surface area contributed by atoms with Crippen LogP contribution in [0.2, 0.25) is 0 Å². The topological polar surface area (TPSA) is 55.3 Å². The Morgan fingerprint density at radius 1 is 1.29 bits per heavy atom. The molecule has 0 aromatic carbocycles. The monoisotopic (exact) mass is 301 g/mol. The Morgan fingerprint density at radius 2 is 1.95 bits per heavy atom. The summed E-state index contributed by atoms with van der Waals surface area (Å²) in [5.74, 6) is 0.573. The van der Waals surface area contributed by atoms with Gasteiger partial charge in [0.2, 0.25) is 0 Å². The number of morpholine rings is 1. The predicted octanol–water partition coefficient (Wildman–Crippen LogP) is 1.76. The lowest BCUT2D eigenvalue weighted by molar-refractivity contribution is -0.233. The standard InChI is InChI=1S/C13H14F3N3O2/c14-13(15,16)10-7-19(3-4-21-10)12(20)9-5-17-11(18-6-9)8-1-2-8/h5-6,8,10H,1-4,7H2/t10-/m0/s1. The second-order valence-electron chi connectivity index (χ2n) is 5.26. The maximum absolute atomic E-state index is 12.6. The van der Waals surface area contributed by atoms with Gasteiger partial charge in [0.15, 0.2) is 6.10 Å². The maximum atomic E-state index is 12.6. The molecule has 1 atom stereocenters. The Labute approximate surface area is 119 Å². The minimum absolute atomic E-state index is 0.128. The summed E-state index contributed by atoms with van der Waals surface area (Å²) < 4.78 is 42.6. The summed E-state index contributed by atoms with van der Waals surface area (Å²) in [4.78, 5) is 21.6. The quantitative estimate of drug-likeness (QED) is 0.835. The number of carbonyl (C=O) groups is 1. The third-order valence-electron chi connectivity index (χ3n) is 3.58. The van der Waals surface area contributed by atoms with Crippen molar-refractivity contribution in [3.8, 4) is 0 Å². The molecule has 0 unspecified atom stereocenters. The van der Waals surface area contributed by atoms with Gasteiger partial charge in [-0.15, -0.1) is 0 Å². The molecule has 0 bridgehead atoms. The molecule has 0 radical (unpaired) electrons. The molecule has 0 spiro atoms. The molecule has 114 valence electrons. The molecule has 1 saturated heterocycles. The van der Waals surface area contributed by atoms with Crippen LogP contribution >= 0.6 is 0 Å². The molecular formula is C13H14F3N3O2. The zero-order valence-electron chi connectivity index (χ0n) is 11.1. The van der Waals surface area contributed by atoms with E-state index in [0.29, 0.717) is 11.7 Å². The number of aromatic nitrogens is 2. The highest BCUT2D eigenvalue weighted by Crippen LogP contribution is 2.37. The van der Waals surface area contributed by atoms with Gasteiger partial charge < -0.3 is 9.64 Å². The van der Waals surface area contributed by atoms with Crippen molar-refractivity contribution in [2.45, 2.75) is 31.0 Å². The van der Waals surface area contributed by atoms with E-state index in [9.17, 15) is 18.0 Å². The fourth-order valence-corrected chi connectivity index (χ4v) is 2.22. The highest BCUT2D eigenvalue weighted by Gasteiger charge is 2.44. The lowest BCUT2D eigenvalue weighted by Crippen LogP contribution is -2.51. The molecular weight excluding hydrogens is 287 g/mol. The summed E-state index contributed by atoms with van der Waals surface area (Å²) in [7, 11) is 0. The van der Waals surface area contributed by atoms with Gasteiger partial charge in [-0.05, 0) is 12.8 Å². The summed E-state index contributed by atoms with van der Waals surface area (Å²) >= 11 is 0. The van der Waals surface area contributed by atoms with E-state index in [1.165, 1.54) is 12.4 Å². The number of ether oxygens (including phenoxy) is 1. The van der Waals surface area contributed by atoms with Crippen LogP contribution in [0.3, 0.4) is 0 Å². The molecule has 0 N–H and O–H groups in total. The van der Waals surface area contributed by atoms with Gasteiger partial charge in [0.25, 0.3) is 5.91 Å². The number of alkyl halides is 3. The molecule has 1 saturated carbocycles. The van der Waals surface area contributed by atoms with Crippen LogP contribution in [-0.4, -0.2) is 52.8 Å². The Bertz CT molecular complexity index is 528. The van der Waals surface area contributed by atoms with E-state index in [4.69, 9.17) is 0 Å². The highest BCUT2D eigenvalue weighted by molar-refractivity contribution is 5.93. The fraction of sp³-hybridized carbons (Fsp3) is 0.615. The van der Waals surface area contributed by atoms with Gasteiger partial charge in [0.1, 0.15) is 5.82 Å². The summed E-state index contributed by atoms with van der Waals surface area (Å²) in [5.41, 5.74) is 0.210. The van der Waals surface area contributed by atoms with E-state index in [-0.39, 0.29) is 18.7 Å². The third-order valence-corrected chi connectivity index (χ3v) is 3.58. The van der Waals surface area contributed by atoms with Gasteiger partial charge in [-0.2, -0.15) is 13.2 Å². The van der Waals surface area contributed by atoms with Crippen molar-refractivity contribution in [1.29, 1.82) is 0 Å². The molecule has 2 fully saturated rings. The summed E-state index contributed by atoms with van der Waals surface area (Å²) in [6.45, 7) is -0.487. The van der Waals surface area contributed by atoms with Crippen molar-refractivity contribution in [2.75, 3.05) is 19.7 Å². The van der Waals surface area contributed by atoms with Crippen molar-refractivity contribution in [3.05, 3.63) is 23.8 Å². The molecule has 1 aromatic heterocycles. The van der Waals surface area contributed by atoms with Crippen LogP contribution in [-0.2, 0) is 4.74 Å². The number of halogens is 3. The first kappa shape index (κ1) is 14.2. The maximum Gasteiger partial charge on any atom is 0.416 e. The number of carbonyl (C=O) groups excluding carboxylic acids is 1. The molecule has 3 rings (SSSR count). The zero-order valence-corrected chi connectivity index (χ0v) is 11.1. The van der Waals surface area contributed by atoms with Crippen LogP contribution < -0.4 is 0 Å². The molecule has 21 heavy (non-hydrogen) atoms. The number of hydrogen-bond acceptors (Lipinski definition) is 4. The number of rotatable bonds is 2. The second kappa shape index (κ2) is 5.25. The molecule has 1 amide bonds. The van der Waals surface area contributed by atoms with Gasteiger partial charge in [-0.1, -0.05) is 0 Å². The zero-order chi connectivity index (χ0) is 15.0. The Hall–Kier alpha value is -1.70. The van der Waals surface area contributed by atoms with Crippen molar-refractivity contribution < 1.29 is 22.7 Å². The van der Waals surface area contributed by atoms with Crippen LogP contribution in [0.15, 0.2) is 12.4 Å². The smallest absolute Gasteiger partial charge is 0.365 e. The van der Waals surface area contributed by atoms with Gasteiger partial charge in [0.05, 0.1) is 18.7 Å². The van der Waals surface area contributed by atoms with Crippen LogP contribution in [0.1, 0.15) is 34.9 Å². The predicted molar refractivity (Wildman–Crippen MR) is 65.7 cm³/mol. The van der Waals surface area contributed by atoms with E-state index in [2.05, 4.69) is 14.7 Å². The molecule has 1 aliphatic heterocycles. The van der Waals surface area contributed by atoms with E-state index in [1.54, 1.807) is 0 Å². The van der Waals surface area contributed by atoms with Crippen molar-refractivity contribution in [2.24, 2.45) is 0 Å². The summed E-state index contributed by atoms with van der Waals surface area (Å²) in [5, 5.41) is 0. The molecule has 8 heteroatoms. The van der Waals surface area contributed by atoms with Crippen molar-refractivity contribution in [3.63, 3.8) is 0 Å². The van der Waals surface area contributed by atoms with Gasteiger partial charge >= 0.3 is 6.18 Å². The molecule has 1 aromatic rings. The first-order valence-corrected chi connectivity index (χ1v) is 6.74. The van der Waals surface area contributed by atoms with Crippen LogP contribution in [0.25, 0.3) is 0 Å². The first-order valence-electron chi connectivity index (χ1n) is 6.74. The largest absolute Gasteiger partial charge is 0.416 e. The van der Waals surface area contributed by atoms with Gasteiger partial charge in [-0.25, -0.2) is 9.97 Å². The van der Waals surface area contributed by atoms with E-state index in [1.807, 2.05) is 0 Å². The van der Waals surface area contributed by atoms with E-state index >= 15 is 0 Å². The number of nitrogens with zero attached hydrogens (tertiary/aromatic N) is 3. The molecule has 2 aliphatic rings. The van der Waals surface area contributed by atoms with Crippen LogP contribution in [0.5, 0.6) is 0 Å². The Balaban J connectivity index is 1.69. The molecule has 5 nitrogen and oxygen atoms in total. The second-order valence-corrected chi connectivity index (χ2v) is 5.26. The van der Waals surface area contributed by atoms with Gasteiger partial charge in [0, 0.05) is 24.9 Å². The Kier molecular flexibility index (Phi) is 3.56. The van der Waals surface area contributed by atoms with E-state index < -0.39 is 24.7 Å². The molecule has 2 heterocycles. The van der Waals surface area contributed by atoms with Gasteiger partial charge in [-0.3, -0.25) is 4.79 Å². The minimum atomic E-state index is -4.47. The lowest BCUT2D eigenvalue weighted by Gasteiger charge is -2.33. The SMILES string of the molecule is O=C(c1cnc(C2CC2)nc1)N1CCO[C@H](C(F)(F)F)C1. The average molecular weight is 301 g/mol. The lowest BCUT2D eigenvalue weighted by atomic mass is 10.2. The van der Waals surface area contributed by atoms with E-state index in [0.717, 1.165) is 17.7 Å². The normalized spacial score (nSPS) is 23.2. The van der Waals surface area contributed by atoms with Crippen molar-refractivity contribution in [1.82, 2.24) is 14.9 Å². The number of hydrogen-bond donors (Lipinski definition) is 0. The van der Waals surface area contributed by atoms with Crippen LogP contribution in [0, 0.1) is 0 Å². The summed E-state index contributed by atoms with van der Waals surface area (Å²) in [6, 6.07) is 0.